The standard InChI is InChI=1S/C17H26BrNO3/c1-2-21-17(20)15-11-10-13-19-16(15)22-14-9-7-5-3-4-6-8-12-18/h10-11,13H,2-9,12,14H2,1H3. The molecule has 1 rings (SSSR count). The molecule has 0 saturated heterocycles. The molecule has 0 N–H and O–H groups in total. The van der Waals surface area contributed by atoms with E-state index >= 15 is 0 Å². The summed E-state index contributed by atoms with van der Waals surface area (Å²) in [4.78, 5) is 15.9. The second-order valence-corrected chi connectivity index (χ2v) is 5.88. The fraction of sp³-hybridized carbons (Fsp3) is 0.647. The Kier molecular flexibility index (Phi) is 10.7. The highest BCUT2D eigenvalue weighted by molar-refractivity contribution is 9.09. The molecule has 1 aromatic rings. The van der Waals surface area contributed by atoms with Gasteiger partial charge in [-0.2, -0.15) is 0 Å². The average Bonchev–Trinajstić information content (AvgIpc) is 2.54. The molecule has 0 unspecified atom stereocenters. The first kappa shape index (κ1) is 18.9. The molecule has 0 saturated carbocycles. The van der Waals surface area contributed by atoms with Crippen LogP contribution in [-0.4, -0.2) is 29.5 Å². The summed E-state index contributed by atoms with van der Waals surface area (Å²) in [5.74, 6) is -0.00402. The largest absolute Gasteiger partial charge is 0.477 e. The number of pyridine rings is 1. The lowest BCUT2D eigenvalue weighted by Gasteiger charge is -2.09. The van der Waals surface area contributed by atoms with Gasteiger partial charge in [0.05, 0.1) is 13.2 Å². The molecule has 0 aliphatic rings. The number of aromatic nitrogens is 1. The van der Waals surface area contributed by atoms with Crippen molar-refractivity contribution in [3.05, 3.63) is 23.9 Å². The number of esters is 1. The molecule has 4 nitrogen and oxygen atoms in total. The van der Waals surface area contributed by atoms with Gasteiger partial charge in [-0.05, 0) is 31.9 Å². The van der Waals surface area contributed by atoms with E-state index < -0.39 is 0 Å². The Balaban J connectivity index is 2.21. The van der Waals surface area contributed by atoms with Crippen molar-refractivity contribution in [1.29, 1.82) is 0 Å². The van der Waals surface area contributed by atoms with Crippen LogP contribution in [0.5, 0.6) is 5.88 Å². The van der Waals surface area contributed by atoms with Crippen molar-refractivity contribution < 1.29 is 14.3 Å². The summed E-state index contributed by atoms with van der Waals surface area (Å²) in [6, 6.07) is 3.40. The second kappa shape index (κ2) is 12.4. The fourth-order valence-corrected chi connectivity index (χ4v) is 2.52. The number of alkyl halides is 1. The van der Waals surface area contributed by atoms with E-state index in [1.165, 1.54) is 32.1 Å². The summed E-state index contributed by atoms with van der Waals surface area (Å²) in [6.07, 6.45) is 10.1. The third-order valence-corrected chi connectivity index (χ3v) is 3.84. The maximum Gasteiger partial charge on any atom is 0.343 e. The maximum atomic E-state index is 11.8. The SMILES string of the molecule is CCOC(=O)c1cccnc1OCCCCCCCCCBr. The monoisotopic (exact) mass is 371 g/mol. The summed E-state index contributed by atoms with van der Waals surface area (Å²) < 4.78 is 10.6. The average molecular weight is 372 g/mol. The van der Waals surface area contributed by atoms with Gasteiger partial charge < -0.3 is 9.47 Å². The van der Waals surface area contributed by atoms with Crippen LogP contribution in [0.15, 0.2) is 18.3 Å². The van der Waals surface area contributed by atoms with Gasteiger partial charge in [0.1, 0.15) is 5.56 Å². The predicted octanol–water partition coefficient (Wildman–Crippen LogP) is 4.76. The van der Waals surface area contributed by atoms with Crippen molar-refractivity contribution in [2.45, 2.75) is 51.9 Å². The molecule has 0 aliphatic carbocycles. The minimum atomic E-state index is -0.377. The molecule has 0 bridgehead atoms. The smallest absolute Gasteiger partial charge is 0.343 e. The van der Waals surface area contributed by atoms with E-state index in [4.69, 9.17) is 9.47 Å². The van der Waals surface area contributed by atoms with Crippen molar-refractivity contribution in [2.24, 2.45) is 0 Å². The molecule has 1 heterocycles. The van der Waals surface area contributed by atoms with Gasteiger partial charge in [0.25, 0.3) is 0 Å². The van der Waals surface area contributed by atoms with E-state index in [9.17, 15) is 4.79 Å². The number of halogens is 1. The topological polar surface area (TPSA) is 48.4 Å². The lowest BCUT2D eigenvalue weighted by Crippen LogP contribution is -2.09. The molecule has 1 aromatic heterocycles. The number of rotatable bonds is 12. The second-order valence-electron chi connectivity index (χ2n) is 5.09. The van der Waals surface area contributed by atoms with E-state index in [1.54, 1.807) is 25.3 Å². The van der Waals surface area contributed by atoms with Crippen molar-refractivity contribution in [3.8, 4) is 5.88 Å². The number of hydrogen-bond acceptors (Lipinski definition) is 4. The van der Waals surface area contributed by atoms with Gasteiger partial charge >= 0.3 is 5.97 Å². The summed E-state index contributed by atoms with van der Waals surface area (Å²) >= 11 is 3.45. The van der Waals surface area contributed by atoms with Gasteiger partial charge in [-0.1, -0.05) is 48.0 Å². The van der Waals surface area contributed by atoms with Crippen molar-refractivity contribution in [2.75, 3.05) is 18.5 Å². The highest BCUT2D eigenvalue weighted by Crippen LogP contribution is 2.16. The van der Waals surface area contributed by atoms with E-state index in [0.29, 0.717) is 24.7 Å². The van der Waals surface area contributed by atoms with E-state index in [2.05, 4.69) is 20.9 Å². The van der Waals surface area contributed by atoms with E-state index in [-0.39, 0.29) is 5.97 Å². The third kappa shape index (κ3) is 7.78. The lowest BCUT2D eigenvalue weighted by molar-refractivity contribution is 0.0520. The summed E-state index contributed by atoms with van der Waals surface area (Å²) in [6.45, 7) is 2.72. The zero-order chi connectivity index (χ0) is 16.0. The zero-order valence-corrected chi connectivity index (χ0v) is 14.9. The highest BCUT2D eigenvalue weighted by Gasteiger charge is 2.14. The Morgan fingerprint density at radius 2 is 1.82 bits per heavy atom. The lowest BCUT2D eigenvalue weighted by atomic mass is 10.1. The number of nitrogens with zero attached hydrogens (tertiary/aromatic N) is 1. The Bertz CT molecular complexity index is 426. The number of unbranched alkanes of at least 4 members (excludes halogenated alkanes) is 6. The van der Waals surface area contributed by atoms with Crippen LogP contribution in [0.4, 0.5) is 0 Å². The van der Waals surface area contributed by atoms with Gasteiger partial charge in [0.15, 0.2) is 0 Å². The minimum Gasteiger partial charge on any atom is -0.477 e. The summed E-state index contributed by atoms with van der Waals surface area (Å²) in [5.41, 5.74) is 0.402. The Morgan fingerprint density at radius 3 is 2.50 bits per heavy atom. The molecule has 0 aromatic carbocycles. The zero-order valence-electron chi connectivity index (χ0n) is 13.4. The number of carbonyl (C=O) groups excluding carboxylic acids is 1. The molecule has 0 amide bonds. The van der Waals surface area contributed by atoms with Gasteiger partial charge in [-0.25, -0.2) is 9.78 Å². The Labute approximate surface area is 141 Å². The molecule has 0 fully saturated rings. The van der Waals surface area contributed by atoms with Crippen LogP contribution < -0.4 is 4.74 Å². The van der Waals surface area contributed by atoms with Crippen LogP contribution >= 0.6 is 15.9 Å². The number of hydrogen-bond donors (Lipinski definition) is 0. The van der Waals surface area contributed by atoms with Crippen LogP contribution in [0.3, 0.4) is 0 Å². The molecule has 5 heteroatoms. The summed E-state index contributed by atoms with van der Waals surface area (Å²) in [5, 5.41) is 1.10. The van der Waals surface area contributed by atoms with E-state index in [0.717, 1.165) is 18.2 Å². The van der Waals surface area contributed by atoms with Crippen molar-refractivity contribution >= 4 is 21.9 Å². The van der Waals surface area contributed by atoms with Crippen molar-refractivity contribution in [3.63, 3.8) is 0 Å². The van der Waals surface area contributed by atoms with Crippen molar-refractivity contribution in [1.82, 2.24) is 4.98 Å². The molecule has 124 valence electrons. The van der Waals surface area contributed by atoms with Crippen LogP contribution in [-0.2, 0) is 4.74 Å². The van der Waals surface area contributed by atoms with Gasteiger partial charge in [-0.3, -0.25) is 0 Å². The molecule has 0 atom stereocenters. The van der Waals surface area contributed by atoms with Crippen LogP contribution in [0.1, 0.15) is 62.2 Å². The Morgan fingerprint density at radius 1 is 1.14 bits per heavy atom. The van der Waals surface area contributed by atoms with Crippen LogP contribution in [0.25, 0.3) is 0 Å². The molecule has 0 aliphatic heterocycles. The van der Waals surface area contributed by atoms with Crippen LogP contribution in [0.2, 0.25) is 0 Å². The van der Waals surface area contributed by atoms with Gasteiger partial charge in [-0.15, -0.1) is 0 Å². The molecule has 0 radical (unpaired) electrons. The Hall–Kier alpha value is -1.10. The predicted molar refractivity (Wildman–Crippen MR) is 91.8 cm³/mol. The van der Waals surface area contributed by atoms with Gasteiger partial charge in [0, 0.05) is 11.5 Å². The number of ether oxygens (including phenoxy) is 2. The first-order valence-corrected chi connectivity index (χ1v) is 9.22. The minimum absolute atomic E-state index is 0.349. The first-order valence-electron chi connectivity index (χ1n) is 8.10. The fourth-order valence-electron chi connectivity index (χ4n) is 2.12. The molecular weight excluding hydrogens is 346 g/mol. The first-order chi connectivity index (χ1) is 10.8. The number of carbonyl (C=O) groups is 1. The molecule has 22 heavy (non-hydrogen) atoms. The quantitative estimate of drug-likeness (QED) is 0.301. The maximum absolute atomic E-state index is 11.8. The molecular formula is C17H26BrNO3. The van der Waals surface area contributed by atoms with Crippen LogP contribution in [0, 0.1) is 0 Å². The van der Waals surface area contributed by atoms with E-state index in [1.807, 2.05) is 0 Å². The third-order valence-electron chi connectivity index (χ3n) is 3.28. The normalized spacial score (nSPS) is 10.5. The summed E-state index contributed by atoms with van der Waals surface area (Å²) in [7, 11) is 0. The molecule has 0 spiro atoms. The van der Waals surface area contributed by atoms with Gasteiger partial charge in [0.2, 0.25) is 5.88 Å². The highest BCUT2D eigenvalue weighted by atomic mass is 79.9.